The fraction of sp³-hybridized carbons (Fsp3) is 0.400. The van der Waals surface area contributed by atoms with Crippen molar-refractivity contribution >= 4 is 11.6 Å². The molecule has 0 saturated carbocycles. The monoisotopic (exact) mass is 229 g/mol. The maximum atomic E-state index is 6.02. The van der Waals surface area contributed by atoms with E-state index in [-0.39, 0.29) is 0 Å². The number of nitrogens with two attached hydrogens (primary N) is 1. The highest BCUT2D eigenvalue weighted by Crippen LogP contribution is 2.27. The molecule has 0 fully saturated rings. The van der Waals surface area contributed by atoms with E-state index in [9.17, 15) is 0 Å². The summed E-state index contributed by atoms with van der Waals surface area (Å²) >= 11 is 6.02. The van der Waals surface area contributed by atoms with Crippen molar-refractivity contribution in [2.24, 2.45) is 5.84 Å². The Balaban J connectivity index is 2.76. The Labute approximate surface area is 94.7 Å². The smallest absolute Gasteiger partial charge is 0.137 e. The lowest BCUT2D eigenvalue weighted by Gasteiger charge is -2.10. The molecule has 5 heteroatoms. The molecule has 0 aliphatic heterocycles. The van der Waals surface area contributed by atoms with Crippen LogP contribution in [-0.2, 0) is 6.54 Å². The van der Waals surface area contributed by atoms with Gasteiger partial charge in [-0.1, -0.05) is 11.6 Å². The SMILES string of the molecule is COc1cc(C)c(CNCNN)cc1Cl. The van der Waals surface area contributed by atoms with Crippen molar-refractivity contribution in [2.75, 3.05) is 13.8 Å². The first-order chi connectivity index (χ1) is 7.19. The van der Waals surface area contributed by atoms with Crippen molar-refractivity contribution in [3.8, 4) is 5.75 Å². The van der Waals surface area contributed by atoms with Crippen molar-refractivity contribution in [1.29, 1.82) is 0 Å². The molecular formula is C10H16ClN3O. The highest BCUT2D eigenvalue weighted by molar-refractivity contribution is 6.32. The second-order valence-corrected chi connectivity index (χ2v) is 3.63. The number of hydrogen-bond donors (Lipinski definition) is 3. The van der Waals surface area contributed by atoms with Crippen LogP contribution < -0.4 is 21.3 Å². The van der Waals surface area contributed by atoms with Crippen LogP contribution in [0.5, 0.6) is 5.75 Å². The number of halogens is 1. The van der Waals surface area contributed by atoms with Gasteiger partial charge in [0.25, 0.3) is 0 Å². The summed E-state index contributed by atoms with van der Waals surface area (Å²) in [7, 11) is 1.61. The number of methoxy groups -OCH3 is 1. The Hall–Kier alpha value is -0.810. The summed E-state index contributed by atoms with van der Waals surface area (Å²) in [5, 5.41) is 3.75. The Morgan fingerprint density at radius 3 is 2.80 bits per heavy atom. The molecule has 84 valence electrons. The van der Waals surface area contributed by atoms with Gasteiger partial charge < -0.3 is 4.74 Å². The van der Waals surface area contributed by atoms with E-state index in [0.717, 1.165) is 17.7 Å². The van der Waals surface area contributed by atoms with Gasteiger partial charge >= 0.3 is 0 Å². The molecule has 0 unspecified atom stereocenters. The van der Waals surface area contributed by atoms with E-state index in [0.29, 0.717) is 17.4 Å². The van der Waals surface area contributed by atoms with Crippen LogP contribution in [0.3, 0.4) is 0 Å². The summed E-state index contributed by atoms with van der Waals surface area (Å²) in [6.07, 6.45) is 0. The zero-order valence-electron chi connectivity index (χ0n) is 8.93. The van der Waals surface area contributed by atoms with Crippen LogP contribution in [0.15, 0.2) is 12.1 Å². The van der Waals surface area contributed by atoms with Crippen LogP contribution in [0.2, 0.25) is 5.02 Å². The molecule has 0 aliphatic carbocycles. The summed E-state index contributed by atoms with van der Waals surface area (Å²) in [6, 6.07) is 3.83. The third-order valence-corrected chi connectivity index (χ3v) is 2.45. The lowest BCUT2D eigenvalue weighted by molar-refractivity contribution is 0.414. The summed E-state index contributed by atoms with van der Waals surface area (Å²) in [6.45, 7) is 3.30. The number of ether oxygens (including phenoxy) is 1. The van der Waals surface area contributed by atoms with Gasteiger partial charge in [-0.15, -0.1) is 0 Å². The molecule has 0 aliphatic rings. The molecule has 4 nitrogen and oxygen atoms in total. The Morgan fingerprint density at radius 1 is 1.47 bits per heavy atom. The Bertz CT molecular complexity index is 331. The minimum atomic E-state index is 0.559. The first-order valence-corrected chi connectivity index (χ1v) is 5.04. The third-order valence-electron chi connectivity index (χ3n) is 2.15. The van der Waals surface area contributed by atoms with Crippen LogP contribution in [0.4, 0.5) is 0 Å². The maximum absolute atomic E-state index is 6.02. The summed E-state index contributed by atoms with van der Waals surface area (Å²) in [4.78, 5) is 0. The molecule has 4 N–H and O–H groups in total. The highest BCUT2D eigenvalue weighted by Gasteiger charge is 2.05. The van der Waals surface area contributed by atoms with Crippen LogP contribution in [0.1, 0.15) is 11.1 Å². The van der Waals surface area contributed by atoms with Gasteiger partial charge in [0.05, 0.1) is 18.8 Å². The highest BCUT2D eigenvalue weighted by atomic mass is 35.5. The second-order valence-electron chi connectivity index (χ2n) is 3.22. The minimum absolute atomic E-state index is 0.559. The maximum Gasteiger partial charge on any atom is 0.137 e. The molecule has 0 spiro atoms. The molecule has 0 saturated heterocycles. The van der Waals surface area contributed by atoms with Gasteiger partial charge in [-0.2, -0.15) is 0 Å². The quantitative estimate of drug-likeness (QED) is 0.307. The van der Waals surface area contributed by atoms with Crippen LogP contribution in [-0.4, -0.2) is 13.8 Å². The number of rotatable bonds is 5. The molecule has 0 aromatic heterocycles. The number of hydrazine groups is 1. The first-order valence-electron chi connectivity index (χ1n) is 4.66. The molecule has 15 heavy (non-hydrogen) atoms. The predicted octanol–water partition coefficient (Wildman–Crippen LogP) is 1.17. The summed E-state index contributed by atoms with van der Waals surface area (Å²) in [5.41, 5.74) is 4.80. The fourth-order valence-electron chi connectivity index (χ4n) is 1.31. The molecule has 1 rings (SSSR count). The van der Waals surface area contributed by atoms with Gasteiger partial charge in [-0.25, -0.2) is 5.43 Å². The largest absolute Gasteiger partial charge is 0.495 e. The fourth-order valence-corrected chi connectivity index (χ4v) is 1.58. The van der Waals surface area contributed by atoms with E-state index in [1.165, 1.54) is 0 Å². The molecule has 0 amide bonds. The molecule has 0 bridgehead atoms. The van der Waals surface area contributed by atoms with Crippen LogP contribution in [0.25, 0.3) is 0 Å². The Kier molecular flexibility index (Phi) is 4.84. The minimum Gasteiger partial charge on any atom is -0.495 e. The van der Waals surface area contributed by atoms with Gasteiger partial charge in [-0.3, -0.25) is 11.2 Å². The zero-order valence-corrected chi connectivity index (χ0v) is 9.69. The standard InChI is InChI=1S/C10H16ClN3O/c1-7-3-10(15-2)9(11)4-8(7)5-13-6-14-12/h3-4,13-14H,5-6,12H2,1-2H3. The number of benzene rings is 1. The van der Waals surface area contributed by atoms with Gasteiger partial charge in [0, 0.05) is 6.54 Å². The molecule has 1 aromatic carbocycles. The molecule has 1 aromatic rings. The predicted molar refractivity (Wildman–Crippen MR) is 61.8 cm³/mol. The number of nitrogens with one attached hydrogen (secondary N) is 2. The normalized spacial score (nSPS) is 10.4. The third kappa shape index (κ3) is 3.35. The van der Waals surface area contributed by atoms with E-state index in [1.807, 2.05) is 19.1 Å². The van der Waals surface area contributed by atoms with Gasteiger partial charge in [0.2, 0.25) is 0 Å². The van der Waals surface area contributed by atoms with Crippen molar-refractivity contribution < 1.29 is 4.74 Å². The number of hydrogen-bond acceptors (Lipinski definition) is 4. The van der Waals surface area contributed by atoms with E-state index in [4.69, 9.17) is 22.2 Å². The second kappa shape index (κ2) is 5.92. The van der Waals surface area contributed by atoms with E-state index in [2.05, 4.69) is 10.7 Å². The van der Waals surface area contributed by atoms with Gasteiger partial charge in [-0.05, 0) is 30.2 Å². The van der Waals surface area contributed by atoms with E-state index >= 15 is 0 Å². The van der Waals surface area contributed by atoms with E-state index in [1.54, 1.807) is 7.11 Å². The van der Waals surface area contributed by atoms with Crippen LogP contribution >= 0.6 is 11.6 Å². The summed E-state index contributed by atoms with van der Waals surface area (Å²) in [5.74, 6) is 5.85. The van der Waals surface area contributed by atoms with Crippen molar-refractivity contribution in [2.45, 2.75) is 13.5 Å². The van der Waals surface area contributed by atoms with Gasteiger partial charge in [0.1, 0.15) is 5.75 Å². The Morgan fingerprint density at radius 2 is 2.20 bits per heavy atom. The first kappa shape index (κ1) is 12.3. The molecule has 0 heterocycles. The zero-order chi connectivity index (χ0) is 11.3. The average Bonchev–Trinajstić information content (AvgIpc) is 2.23. The van der Waals surface area contributed by atoms with E-state index < -0.39 is 0 Å². The van der Waals surface area contributed by atoms with Crippen LogP contribution in [0, 0.1) is 6.92 Å². The van der Waals surface area contributed by atoms with Crippen molar-refractivity contribution in [3.05, 3.63) is 28.3 Å². The average molecular weight is 230 g/mol. The van der Waals surface area contributed by atoms with Gasteiger partial charge in [0.15, 0.2) is 0 Å². The lowest BCUT2D eigenvalue weighted by atomic mass is 10.1. The number of aryl methyl sites for hydroxylation is 1. The summed E-state index contributed by atoms with van der Waals surface area (Å²) < 4.78 is 5.12. The van der Waals surface area contributed by atoms with Crippen molar-refractivity contribution in [1.82, 2.24) is 10.7 Å². The molecule has 0 radical (unpaired) electrons. The molecular weight excluding hydrogens is 214 g/mol. The molecule has 0 atom stereocenters. The lowest BCUT2D eigenvalue weighted by Crippen LogP contribution is -2.33. The topological polar surface area (TPSA) is 59.3 Å². The van der Waals surface area contributed by atoms with Crippen molar-refractivity contribution in [3.63, 3.8) is 0 Å².